The van der Waals surface area contributed by atoms with Crippen LogP contribution in [0.2, 0.25) is 0 Å². The molecule has 1 saturated heterocycles. The number of carbonyl (C=O) groups is 2. The van der Waals surface area contributed by atoms with E-state index >= 15 is 0 Å². The molecule has 6 heteroatoms. The minimum Gasteiger partial charge on any atom is -0.463 e. The quantitative estimate of drug-likeness (QED) is 0.492. The zero-order chi connectivity index (χ0) is 13.9. The maximum Gasteiger partial charge on any atom is 0.331 e. The van der Waals surface area contributed by atoms with Gasteiger partial charge in [-0.15, -0.1) is 0 Å². The number of nitrogens with zero attached hydrogens (tertiary/aromatic N) is 1. The van der Waals surface area contributed by atoms with Gasteiger partial charge >= 0.3 is 11.9 Å². The molecule has 0 unspecified atom stereocenters. The van der Waals surface area contributed by atoms with E-state index in [-0.39, 0.29) is 0 Å². The molecule has 0 aromatic carbocycles. The second-order valence-electron chi connectivity index (χ2n) is 4.12. The van der Waals surface area contributed by atoms with Gasteiger partial charge in [-0.05, 0) is 6.42 Å². The zero-order valence-corrected chi connectivity index (χ0v) is 11.3. The van der Waals surface area contributed by atoms with Crippen molar-refractivity contribution in [1.29, 1.82) is 0 Å². The summed E-state index contributed by atoms with van der Waals surface area (Å²) in [6.45, 7) is 6.41. The highest BCUT2D eigenvalue weighted by molar-refractivity contribution is 5.91. The summed E-state index contributed by atoms with van der Waals surface area (Å²) in [6.07, 6.45) is 2.94. The first-order valence-corrected chi connectivity index (χ1v) is 6.54. The van der Waals surface area contributed by atoms with E-state index in [9.17, 15) is 9.59 Å². The third-order valence-electron chi connectivity index (χ3n) is 2.56. The van der Waals surface area contributed by atoms with Crippen molar-refractivity contribution in [3.8, 4) is 0 Å². The summed E-state index contributed by atoms with van der Waals surface area (Å²) in [6, 6.07) is 0. The Morgan fingerprint density at radius 3 is 2.26 bits per heavy atom. The largest absolute Gasteiger partial charge is 0.463 e. The number of carbonyl (C=O) groups excluding carboxylic acids is 2. The maximum atomic E-state index is 11.3. The number of hydrogen-bond acceptors (Lipinski definition) is 6. The monoisotopic (exact) mass is 271 g/mol. The molecule has 0 aromatic heterocycles. The van der Waals surface area contributed by atoms with Crippen molar-refractivity contribution in [2.45, 2.75) is 13.3 Å². The second kappa shape index (κ2) is 9.52. The van der Waals surface area contributed by atoms with E-state index in [2.05, 4.69) is 4.90 Å². The third-order valence-corrected chi connectivity index (χ3v) is 2.56. The molecule has 6 nitrogen and oxygen atoms in total. The summed E-state index contributed by atoms with van der Waals surface area (Å²) in [5.41, 5.74) is 0. The molecule has 0 saturated carbocycles. The van der Waals surface area contributed by atoms with Crippen molar-refractivity contribution >= 4 is 11.9 Å². The van der Waals surface area contributed by atoms with Crippen LogP contribution in [0.1, 0.15) is 13.3 Å². The average Bonchev–Trinajstić information content (AvgIpc) is 2.44. The van der Waals surface area contributed by atoms with Crippen molar-refractivity contribution in [3.63, 3.8) is 0 Å². The van der Waals surface area contributed by atoms with E-state index in [4.69, 9.17) is 14.2 Å². The van der Waals surface area contributed by atoms with Gasteiger partial charge in [0.1, 0.15) is 6.61 Å². The molecule has 0 amide bonds. The molecule has 19 heavy (non-hydrogen) atoms. The first-order chi connectivity index (χ1) is 9.22. The Kier molecular flexibility index (Phi) is 7.84. The molecule has 108 valence electrons. The normalized spacial score (nSPS) is 16.5. The number of morpholine rings is 1. The van der Waals surface area contributed by atoms with E-state index in [1.807, 2.05) is 6.92 Å². The maximum absolute atomic E-state index is 11.3. The summed E-state index contributed by atoms with van der Waals surface area (Å²) >= 11 is 0. The second-order valence-corrected chi connectivity index (χ2v) is 4.12. The van der Waals surface area contributed by atoms with Gasteiger partial charge in [-0.2, -0.15) is 0 Å². The molecule has 1 aliphatic rings. The zero-order valence-electron chi connectivity index (χ0n) is 11.3. The first kappa shape index (κ1) is 15.7. The third kappa shape index (κ3) is 7.58. The minimum atomic E-state index is -0.526. The summed E-state index contributed by atoms with van der Waals surface area (Å²) in [5.74, 6) is -1.05. The van der Waals surface area contributed by atoms with Gasteiger partial charge in [0.2, 0.25) is 0 Å². The van der Waals surface area contributed by atoms with Crippen LogP contribution in [0.5, 0.6) is 0 Å². The van der Waals surface area contributed by atoms with E-state index in [1.54, 1.807) is 0 Å². The van der Waals surface area contributed by atoms with Crippen molar-refractivity contribution in [1.82, 2.24) is 4.90 Å². The smallest absolute Gasteiger partial charge is 0.331 e. The average molecular weight is 271 g/mol. The Balaban J connectivity index is 2.09. The lowest BCUT2D eigenvalue weighted by molar-refractivity contribution is -0.140. The number of esters is 2. The number of hydrogen-bond donors (Lipinski definition) is 0. The molecule has 1 heterocycles. The highest BCUT2D eigenvalue weighted by Crippen LogP contribution is 1.96. The molecule has 0 bridgehead atoms. The van der Waals surface area contributed by atoms with Crippen LogP contribution in [0.25, 0.3) is 0 Å². The number of ether oxygens (including phenoxy) is 3. The van der Waals surface area contributed by atoms with Crippen molar-refractivity contribution in [3.05, 3.63) is 12.2 Å². The highest BCUT2D eigenvalue weighted by atomic mass is 16.5. The Labute approximate surface area is 113 Å². The summed E-state index contributed by atoms with van der Waals surface area (Å²) in [5, 5.41) is 0. The fraction of sp³-hybridized carbons (Fsp3) is 0.692. The fourth-order valence-corrected chi connectivity index (χ4v) is 1.54. The van der Waals surface area contributed by atoms with Crippen LogP contribution in [-0.2, 0) is 23.8 Å². The standard InChI is InChI=1S/C13H21NO5/c1-2-8-18-12(15)3-4-13(16)19-11-7-14-5-9-17-10-6-14/h3-4H,2,5-11H2,1H3. The molecule has 0 aliphatic carbocycles. The molecule has 1 fully saturated rings. The Morgan fingerprint density at radius 1 is 1.11 bits per heavy atom. The van der Waals surface area contributed by atoms with Gasteiger partial charge in [-0.3, -0.25) is 4.90 Å². The first-order valence-electron chi connectivity index (χ1n) is 6.54. The highest BCUT2D eigenvalue weighted by Gasteiger charge is 2.10. The van der Waals surface area contributed by atoms with E-state index in [0.29, 0.717) is 19.8 Å². The lowest BCUT2D eigenvalue weighted by Crippen LogP contribution is -2.38. The van der Waals surface area contributed by atoms with Crippen molar-refractivity contribution < 1.29 is 23.8 Å². The van der Waals surface area contributed by atoms with Gasteiger partial charge < -0.3 is 14.2 Å². The van der Waals surface area contributed by atoms with E-state index in [1.165, 1.54) is 0 Å². The van der Waals surface area contributed by atoms with Gasteiger partial charge in [-0.1, -0.05) is 6.92 Å². The van der Waals surface area contributed by atoms with Crippen LogP contribution in [0.4, 0.5) is 0 Å². The van der Waals surface area contributed by atoms with Gasteiger partial charge in [0.25, 0.3) is 0 Å². The molecule has 1 rings (SSSR count). The predicted octanol–water partition coefficient (Wildman–Crippen LogP) is 0.371. The van der Waals surface area contributed by atoms with Crippen LogP contribution in [0.3, 0.4) is 0 Å². The van der Waals surface area contributed by atoms with Crippen LogP contribution in [0, 0.1) is 0 Å². The number of rotatable bonds is 7. The summed E-state index contributed by atoms with van der Waals surface area (Å²) in [4.78, 5) is 24.6. The van der Waals surface area contributed by atoms with Crippen LogP contribution in [-0.4, -0.2) is 62.9 Å². The Hall–Kier alpha value is -1.40. The van der Waals surface area contributed by atoms with E-state index in [0.717, 1.165) is 44.9 Å². The molecule has 0 spiro atoms. The predicted molar refractivity (Wildman–Crippen MR) is 68.6 cm³/mol. The van der Waals surface area contributed by atoms with Gasteiger partial charge in [0, 0.05) is 31.8 Å². The topological polar surface area (TPSA) is 65.1 Å². The summed E-state index contributed by atoms with van der Waals surface area (Å²) < 4.78 is 15.0. The molecule has 0 radical (unpaired) electrons. The van der Waals surface area contributed by atoms with Crippen LogP contribution in [0.15, 0.2) is 12.2 Å². The van der Waals surface area contributed by atoms with Crippen molar-refractivity contribution in [2.24, 2.45) is 0 Å². The van der Waals surface area contributed by atoms with Crippen LogP contribution >= 0.6 is 0 Å². The fourth-order valence-electron chi connectivity index (χ4n) is 1.54. The van der Waals surface area contributed by atoms with Gasteiger partial charge in [0.15, 0.2) is 0 Å². The van der Waals surface area contributed by atoms with Crippen molar-refractivity contribution in [2.75, 3.05) is 46.1 Å². The molecule has 1 aliphatic heterocycles. The van der Waals surface area contributed by atoms with E-state index < -0.39 is 11.9 Å². The van der Waals surface area contributed by atoms with Crippen LogP contribution < -0.4 is 0 Å². The molecule has 0 atom stereocenters. The Morgan fingerprint density at radius 2 is 1.68 bits per heavy atom. The lowest BCUT2D eigenvalue weighted by Gasteiger charge is -2.25. The Bertz CT molecular complexity index is 310. The lowest BCUT2D eigenvalue weighted by atomic mass is 10.4. The molecule has 0 aromatic rings. The molecule has 0 N–H and O–H groups in total. The molecular formula is C13H21NO5. The van der Waals surface area contributed by atoms with Gasteiger partial charge in [0.05, 0.1) is 19.8 Å². The van der Waals surface area contributed by atoms with Gasteiger partial charge in [-0.25, -0.2) is 9.59 Å². The minimum absolute atomic E-state index is 0.313. The molecular weight excluding hydrogens is 250 g/mol. The SMILES string of the molecule is CCCOC(=O)C=CC(=O)OCCN1CCOCC1. The summed E-state index contributed by atoms with van der Waals surface area (Å²) in [7, 11) is 0.